The van der Waals surface area contributed by atoms with Gasteiger partial charge in [-0.2, -0.15) is 5.21 Å². The Morgan fingerprint density at radius 1 is 1.12 bits per heavy atom. The number of amides is 2. The van der Waals surface area contributed by atoms with Crippen LogP contribution in [0.15, 0.2) is 54.6 Å². The summed E-state index contributed by atoms with van der Waals surface area (Å²) >= 11 is 0. The van der Waals surface area contributed by atoms with Crippen molar-refractivity contribution < 1.29 is 19.4 Å². The molecule has 10 nitrogen and oxygen atoms in total. The predicted molar refractivity (Wildman–Crippen MR) is 118 cm³/mol. The van der Waals surface area contributed by atoms with E-state index in [1.54, 1.807) is 45.0 Å². The van der Waals surface area contributed by atoms with Gasteiger partial charge in [-0.1, -0.05) is 42.5 Å². The molecule has 0 aliphatic carbocycles. The molecule has 0 unspecified atom stereocenters. The molecule has 0 bridgehead atoms. The molecule has 3 rings (SSSR count). The average molecular weight is 438 g/mol. The molecular weight excluding hydrogens is 412 g/mol. The van der Waals surface area contributed by atoms with Gasteiger partial charge in [0.1, 0.15) is 5.60 Å². The standard InChI is InChI=1S/C22H26N6O4/c1-22(2,3)32-21(31)24-17(12-14-8-5-4-6-9-14)18(29)20(30)23-16-11-7-10-15(13-16)19-25-27-28-26-19/h4-11,13,17-18,29H,12H2,1-3H3,(H,23,30)(H,24,31)(H,25,26,27,28)/t17-,18-/m0/s1. The first-order valence-corrected chi connectivity index (χ1v) is 10.1. The maximum Gasteiger partial charge on any atom is 0.407 e. The molecule has 0 radical (unpaired) electrons. The van der Waals surface area contributed by atoms with Crippen LogP contribution >= 0.6 is 0 Å². The molecule has 0 saturated carbocycles. The zero-order valence-corrected chi connectivity index (χ0v) is 18.1. The Balaban J connectivity index is 1.74. The lowest BCUT2D eigenvalue weighted by atomic mass is 10.0. The van der Waals surface area contributed by atoms with E-state index >= 15 is 0 Å². The zero-order valence-electron chi connectivity index (χ0n) is 18.1. The van der Waals surface area contributed by atoms with E-state index in [1.165, 1.54) is 0 Å². The van der Waals surface area contributed by atoms with Crippen molar-refractivity contribution in [2.45, 2.75) is 44.9 Å². The molecule has 0 aliphatic heterocycles. The Bertz CT molecular complexity index is 1030. The topological polar surface area (TPSA) is 142 Å². The van der Waals surface area contributed by atoms with Crippen molar-refractivity contribution in [1.29, 1.82) is 0 Å². The zero-order chi connectivity index (χ0) is 23.1. The van der Waals surface area contributed by atoms with Gasteiger partial charge in [0.2, 0.25) is 5.82 Å². The predicted octanol–water partition coefficient (Wildman–Crippen LogP) is 2.30. The van der Waals surface area contributed by atoms with E-state index < -0.39 is 29.7 Å². The van der Waals surface area contributed by atoms with Gasteiger partial charge in [-0.05, 0) is 50.1 Å². The third-order valence-corrected chi connectivity index (χ3v) is 4.38. The quantitative estimate of drug-likeness (QED) is 0.443. The van der Waals surface area contributed by atoms with E-state index in [9.17, 15) is 14.7 Å². The van der Waals surface area contributed by atoms with Crippen LogP contribution in [-0.4, -0.2) is 55.5 Å². The molecule has 0 spiro atoms. The number of aliphatic hydroxyl groups is 1. The van der Waals surface area contributed by atoms with Crippen molar-refractivity contribution in [1.82, 2.24) is 25.9 Å². The molecule has 0 fully saturated rings. The van der Waals surface area contributed by atoms with Crippen molar-refractivity contribution in [3.63, 3.8) is 0 Å². The molecule has 0 saturated heterocycles. The van der Waals surface area contributed by atoms with Crippen LogP contribution in [0.2, 0.25) is 0 Å². The van der Waals surface area contributed by atoms with Crippen LogP contribution < -0.4 is 10.6 Å². The number of aromatic amines is 1. The number of nitrogens with zero attached hydrogens (tertiary/aromatic N) is 3. The highest BCUT2D eigenvalue weighted by Gasteiger charge is 2.30. The summed E-state index contributed by atoms with van der Waals surface area (Å²) in [4.78, 5) is 25.1. The SMILES string of the molecule is CC(C)(C)OC(=O)N[C@@H](Cc1ccccc1)[C@H](O)C(=O)Nc1cccc(-c2nn[nH]n2)c1. The highest BCUT2D eigenvalue weighted by atomic mass is 16.6. The van der Waals surface area contributed by atoms with Gasteiger partial charge in [0, 0.05) is 11.3 Å². The second-order valence-electron chi connectivity index (χ2n) is 8.19. The number of carbonyl (C=O) groups is 2. The minimum atomic E-state index is -1.53. The molecule has 168 valence electrons. The van der Waals surface area contributed by atoms with Crippen LogP contribution in [0.25, 0.3) is 11.4 Å². The fourth-order valence-electron chi connectivity index (χ4n) is 2.99. The first-order chi connectivity index (χ1) is 15.2. The number of carbonyl (C=O) groups excluding carboxylic acids is 2. The molecule has 32 heavy (non-hydrogen) atoms. The smallest absolute Gasteiger partial charge is 0.407 e. The highest BCUT2D eigenvalue weighted by molar-refractivity contribution is 5.95. The summed E-state index contributed by atoms with van der Waals surface area (Å²) < 4.78 is 5.30. The van der Waals surface area contributed by atoms with E-state index in [1.807, 2.05) is 30.3 Å². The van der Waals surface area contributed by atoms with Gasteiger partial charge in [-0.3, -0.25) is 4.79 Å². The molecule has 0 aliphatic rings. The van der Waals surface area contributed by atoms with Crippen molar-refractivity contribution in [3.05, 3.63) is 60.2 Å². The molecule has 1 aromatic heterocycles. The minimum absolute atomic E-state index is 0.234. The minimum Gasteiger partial charge on any atom is -0.444 e. The molecule has 3 aromatic rings. The molecule has 1 heterocycles. The third kappa shape index (κ3) is 6.61. The summed E-state index contributed by atoms with van der Waals surface area (Å²) in [5.74, 6) is -0.303. The molecular formula is C22H26N6O4. The van der Waals surface area contributed by atoms with Crippen molar-refractivity contribution >= 4 is 17.7 Å². The molecule has 2 amide bonds. The van der Waals surface area contributed by atoms with Gasteiger partial charge in [0.05, 0.1) is 6.04 Å². The number of anilines is 1. The number of hydrogen-bond acceptors (Lipinski definition) is 7. The maximum absolute atomic E-state index is 12.8. The number of benzene rings is 2. The number of alkyl carbamates (subject to hydrolysis) is 1. The van der Waals surface area contributed by atoms with E-state index in [2.05, 4.69) is 31.3 Å². The van der Waals surface area contributed by atoms with Crippen molar-refractivity contribution in [2.24, 2.45) is 0 Å². The van der Waals surface area contributed by atoms with Gasteiger partial charge >= 0.3 is 6.09 Å². The number of H-pyrrole nitrogens is 1. The fourth-order valence-corrected chi connectivity index (χ4v) is 2.99. The lowest BCUT2D eigenvalue weighted by molar-refractivity contribution is -0.125. The normalized spacial score (nSPS) is 13.1. The van der Waals surface area contributed by atoms with Gasteiger partial charge in [0.25, 0.3) is 5.91 Å². The Morgan fingerprint density at radius 3 is 2.53 bits per heavy atom. The number of hydrogen-bond donors (Lipinski definition) is 4. The van der Waals surface area contributed by atoms with Crippen LogP contribution in [0.1, 0.15) is 26.3 Å². The number of tetrazole rings is 1. The lowest BCUT2D eigenvalue weighted by Gasteiger charge is -2.26. The van der Waals surface area contributed by atoms with Crippen LogP contribution in [0, 0.1) is 0 Å². The van der Waals surface area contributed by atoms with Crippen molar-refractivity contribution in [3.8, 4) is 11.4 Å². The van der Waals surface area contributed by atoms with Crippen LogP contribution in [0.5, 0.6) is 0 Å². The number of aromatic nitrogens is 4. The molecule has 2 aromatic carbocycles. The van der Waals surface area contributed by atoms with E-state index in [0.717, 1.165) is 5.56 Å². The average Bonchev–Trinajstić information content (AvgIpc) is 3.27. The number of aliphatic hydroxyl groups excluding tert-OH is 1. The van der Waals surface area contributed by atoms with Crippen LogP contribution in [0.3, 0.4) is 0 Å². The monoisotopic (exact) mass is 438 g/mol. The highest BCUT2D eigenvalue weighted by Crippen LogP contribution is 2.19. The summed E-state index contributed by atoms with van der Waals surface area (Å²) in [7, 11) is 0. The Kier molecular flexibility index (Phi) is 7.16. The van der Waals surface area contributed by atoms with Gasteiger partial charge < -0.3 is 20.5 Å². The van der Waals surface area contributed by atoms with Gasteiger partial charge in [-0.15, -0.1) is 10.2 Å². The summed E-state index contributed by atoms with van der Waals surface area (Å²) in [6.45, 7) is 5.20. The van der Waals surface area contributed by atoms with E-state index in [4.69, 9.17) is 4.74 Å². The van der Waals surface area contributed by atoms with Crippen molar-refractivity contribution in [2.75, 3.05) is 5.32 Å². The third-order valence-electron chi connectivity index (χ3n) is 4.38. The Labute approximate surface area is 185 Å². The molecule has 10 heteroatoms. The van der Waals surface area contributed by atoms with E-state index in [0.29, 0.717) is 17.1 Å². The van der Waals surface area contributed by atoms with Gasteiger partial charge in [-0.25, -0.2) is 4.79 Å². The number of ether oxygens (including phenoxy) is 1. The maximum atomic E-state index is 12.8. The number of rotatable bonds is 7. The fraction of sp³-hybridized carbons (Fsp3) is 0.318. The Morgan fingerprint density at radius 2 is 1.88 bits per heavy atom. The largest absolute Gasteiger partial charge is 0.444 e. The summed E-state index contributed by atoms with van der Waals surface area (Å²) in [6, 6.07) is 15.1. The second kappa shape index (κ2) is 10.0. The molecule has 4 N–H and O–H groups in total. The van der Waals surface area contributed by atoms with E-state index in [-0.39, 0.29) is 6.42 Å². The second-order valence-corrected chi connectivity index (χ2v) is 8.19. The summed E-state index contributed by atoms with van der Waals surface area (Å²) in [6.07, 6.45) is -2.02. The summed E-state index contributed by atoms with van der Waals surface area (Å²) in [5, 5.41) is 29.8. The summed E-state index contributed by atoms with van der Waals surface area (Å²) in [5.41, 5.74) is 1.20. The molecule has 2 atom stereocenters. The van der Waals surface area contributed by atoms with Crippen LogP contribution in [-0.2, 0) is 16.0 Å². The first-order valence-electron chi connectivity index (χ1n) is 10.1. The van der Waals surface area contributed by atoms with Crippen LogP contribution in [0.4, 0.5) is 10.5 Å². The number of nitrogens with one attached hydrogen (secondary N) is 3. The lowest BCUT2D eigenvalue weighted by Crippen LogP contribution is -2.51. The Hall–Kier alpha value is -3.79. The van der Waals surface area contributed by atoms with Gasteiger partial charge in [0.15, 0.2) is 6.10 Å². The first kappa shape index (κ1) is 22.9.